The van der Waals surface area contributed by atoms with Crippen LogP contribution in [0.4, 0.5) is 17.2 Å². The first kappa shape index (κ1) is 6.78. The van der Waals surface area contributed by atoms with Crippen molar-refractivity contribution in [1.29, 1.82) is 0 Å². The predicted molar refractivity (Wildman–Crippen MR) is 49.3 cm³/mol. The number of nitrogen functional groups attached to an aromatic ring is 3. The summed E-state index contributed by atoms with van der Waals surface area (Å²) >= 11 is 0. The van der Waals surface area contributed by atoms with Crippen molar-refractivity contribution in [2.45, 2.75) is 0 Å². The van der Waals surface area contributed by atoms with Crippen molar-refractivity contribution in [3.8, 4) is 0 Å². The van der Waals surface area contributed by atoms with Gasteiger partial charge in [-0.25, -0.2) is 0 Å². The maximum Gasteiger partial charge on any atom is 0.153 e. The summed E-state index contributed by atoms with van der Waals surface area (Å²) in [5.41, 5.74) is 18.7. The van der Waals surface area contributed by atoms with Gasteiger partial charge in [0.05, 0.1) is 11.2 Å². The first-order valence-corrected chi connectivity index (χ1v) is 3.47. The molecule has 62 valence electrons. The van der Waals surface area contributed by atoms with E-state index < -0.39 is 0 Å². The van der Waals surface area contributed by atoms with Gasteiger partial charge in [-0.15, -0.1) is 0 Å². The van der Waals surface area contributed by atoms with Crippen LogP contribution in [0.15, 0.2) is 12.1 Å². The van der Waals surface area contributed by atoms with E-state index in [0.717, 1.165) is 10.9 Å². The number of nitrogens with two attached hydrogens (primary N) is 3. The first-order chi connectivity index (χ1) is 5.68. The van der Waals surface area contributed by atoms with Crippen LogP contribution in [0.2, 0.25) is 0 Å². The fourth-order valence-electron chi connectivity index (χ4n) is 1.19. The van der Waals surface area contributed by atoms with Crippen LogP contribution in [0.3, 0.4) is 0 Å². The van der Waals surface area contributed by atoms with Crippen molar-refractivity contribution in [2.75, 3.05) is 17.2 Å². The van der Waals surface area contributed by atoms with E-state index in [-0.39, 0.29) is 0 Å². The van der Waals surface area contributed by atoms with Gasteiger partial charge >= 0.3 is 0 Å². The van der Waals surface area contributed by atoms with E-state index in [4.69, 9.17) is 17.2 Å². The lowest BCUT2D eigenvalue weighted by molar-refractivity contribution is 1.13. The summed E-state index contributed by atoms with van der Waals surface area (Å²) < 4.78 is 0. The molecule has 0 aliphatic carbocycles. The van der Waals surface area contributed by atoms with E-state index in [9.17, 15) is 0 Å². The number of H-pyrrole nitrogens is 1. The number of rotatable bonds is 0. The number of nitrogens with zero attached hydrogens (tertiary/aromatic N) is 1. The molecule has 7 N–H and O–H groups in total. The van der Waals surface area contributed by atoms with Gasteiger partial charge in [0, 0.05) is 11.1 Å². The lowest BCUT2D eigenvalue weighted by Gasteiger charge is -1.97. The fraction of sp³-hybridized carbons (Fsp3) is 0. The molecule has 2 aromatic rings. The predicted octanol–water partition coefficient (Wildman–Crippen LogP) is 0.309. The monoisotopic (exact) mass is 163 g/mol. The van der Waals surface area contributed by atoms with Crippen LogP contribution in [0.25, 0.3) is 10.9 Å². The molecule has 0 bridgehead atoms. The van der Waals surface area contributed by atoms with Crippen LogP contribution in [-0.2, 0) is 0 Å². The van der Waals surface area contributed by atoms with Gasteiger partial charge in [-0.2, -0.15) is 5.10 Å². The second-order valence-corrected chi connectivity index (χ2v) is 2.64. The first-order valence-electron chi connectivity index (χ1n) is 3.47. The largest absolute Gasteiger partial charge is 0.399 e. The molecule has 2 rings (SSSR count). The van der Waals surface area contributed by atoms with Crippen molar-refractivity contribution in [2.24, 2.45) is 0 Å². The highest BCUT2D eigenvalue weighted by molar-refractivity contribution is 5.98. The van der Waals surface area contributed by atoms with E-state index in [2.05, 4.69) is 10.2 Å². The third-order valence-electron chi connectivity index (χ3n) is 1.76. The Hall–Kier alpha value is -1.91. The van der Waals surface area contributed by atoms with Crippen molar-refractivity contribution in [3.05, 3.63) is 12.1 Å². The minimum absolute atomic E-state index is 0.420. The Morgan fingerprint density at radius 2 is 1.92 bits per heavy atom. The van der Waals surface area contributed by atoms with Crippen LogP contribution in [-0.4, -0.2) is 10.2 Å². The van der Waals surface area contributed by atoms with Crippen LogP contribution in [0.1, 0.15) is 0 Å². The van der Waals surface area contributed by atoms with Crippen LogP contribution >= 0.6 is 0 Å². The molecule has 0 aliphatic rings. The smallest absolute Gasteiger partial charge is 0.153 e. The average Bonchev–Trinajstić information content (AvgIpc) is 2.33. The molecule has 0 saturated carbocycles. The molecule has 12 heavy (non-hydrogen) atoms. The molecule has 0 atom stereocenters. The lowest BCUT2D eigenvalue weighted by atomic mass is 10.2. The normalized spacial score (nSPS) is 10.7. The summed E-state index contributed by atoms with van der Waals surface area (Å²) in [7, 11) is 0. The van der Waals surface area contributed by atoms with E-state index in [1.807, 2.05) is 0 Å². The van der Waals surface area contributed by atoms with Gasteiger partial charge in [0.1, 0.15) is 0 Å². The minimum atomic E-state index is 0.420. The molecule has 0 fully saturated rings. The number of hydrogen-bond donors (Lipinski definition) is 4. The average molecular weight is 163 g/mol. The summed E-state index contributed by atoms with van der Waals surface area (Å²) in [6.07, 6.45) is 0. The van der Waals surface area contributed by atoms with Gasteiger partial charge in [-0.05, 0) is 12.1 Å². The summed E-state index contributed by atoms with van der Waals surface area (Å²) in [4.78, 5) is 0. The molecule has 1 heterocycles. The van der Waals surface area contributed by atoms with Crippen LogP contribution < -0.4 is 17.2 Å². The molecule has 0 saturated heterocycles. The van der Waals surface area contributed by atoms with Crippen molar-refractivity contribution in [1.82, 2.24) is 10.2 Å². The highest BCUT2D eigenvalue weighted by Gasteiger charge is 2.05. The Morgan fingerprint density at radius 3 is 2.67 bits per heavy atom. The van der Waals surface area contributed by atoms with Crippen molar-refractivity contribution < 1.29 is 0 Å². The summed E-state index contributed by atoms with van der Waals surface area (Å²) in [5, 5.41) is 7.31. The van der Waals surface area contributed by atoms with E-state index in [1.165, 1.54) is 0 Å². The van der Waals surface area contributed by atoms with Gasteiger partial charge in [-0.3, -0.25) is 5.10 Å². The number of fused-ring (bicyclic) bond motifs is 1. The molecule has 1 aromatic carbocycles. The Morgan fingerprint density at radius 1 is 1.17 bits per heavy atom. The van der Waals surface area contributed by atoms with Gasteiger partial charge in [0.25, 0.3) is 0 Å². The van der Waals surface area contributed by atoms with Crippen molar-refractivity contribution >= 4 is 28.1 Å². The van der Waals surface area contributed by atoms with Gasteiger partial charge < -0.3 is 17.2 Å². The second kappa shape index (κ2) is 2.04. The summed E-state index contributed by atoms with van der Waals surface area (Å²) in [6.45, 7) is 0. The van der Waals surface area contributed by atoms with Gasteiger partial charge in [-0.1, -0.05) is 0 Å². The minimum Gasteiger partial charge on any atom is -0.399 e. The molecule has 0 unspecified atom stereocenters. The molecule has 0 spiro atoms. The molecular weight excluding hydrogens is 154 g/mol. The van der Waals surface area contributed by atoms with Gasteiger partial charge in [0.2, 0.25) is 0 Å². The molecule has 1 aromatic heterocycles. The standard InChI is InChI=1S/C7H9N5/c8-3-1-4-6(5(9)2-3)11-12-7(4)10/h1-2H,8-9H2,(H3,10,11,12). The number of anilines is 3. The number of hydrogen-bond acceptors (Lipinski definition) is 4. The lowest BCUT2D eigenvalue weighted by Crippen LogP contribution is -1.91. The highest BCUT2D eigenvalue weighted by Crippen LogP contribution is 2.25. The maximum atomic E-state index is 5.66. The fourth-order valence-corrected chi connectivity index (χ4v) is 1.19. The van der Waals surface area contributed by atoms with Crippen molar-refractivity contribution in [3.63, 3.8) is 0 Å². The molecule has 0 amide bonds. The zero-order valence-electron chi connectivity index (χ0n) is 6.33. The molecular formula is C7H9N5. The second-order valence-electron chi connectivity index (χ2n) is 2.64. The molecule has 0 radical (unpaired) electrons. The summed E-state index contributed by atoms with van der Waals surface area (Å²) in [6, 6.07) is 3.41. The number of aromatic nitrogens is 2. The topological polar surface area (TPSA) is 107 Å². The Labute approximate surface area is 68.5 Å². The third kappa shape index (κ3) is 0.763. The number of benzene rings is 1. The summed E-state index contributed by atoms with van der Waals surface area (Å²) in [5.74, 6) is 0.420. The number of aromatic amines is 1. The SMILES string of the molecule is Nc1cc(N)c2[nH]nc(N)c2c1. The van der Waals surface area contributed by atoms with E-state index in [0.29, 0.717) is 17.2 Å². The highest BCUT2D eigenvalue weighted by atomic mass is 15.2. The zero-order valence-corrected chi connectivity index (χ0v) is 6.33. The Bertz CT molecular complexity index is 431. The third-order valence-corrected chi connectivity index (χ3v) is 1.76. The Balaban J connectivity index is 2.92. The maximum absolute atomic E-state index is 5.66. The van der Waals surface area contributed by atoms with E-state index in [1.54, 1.807) is 12.1 Å². The zero-order chi connectivity index (χ0) is 8.72. The molecule has 0 aliphatic heterocycles. The molecule has 5 heteroatoms. The van der Waals surface area contributed by atoms with Crippen LogP contribution in [0, 0.1) is 0 Å². The van der Waals surface area contributed by atoms with Gasteiger partial charge in [0.15, 0.2) is 5.82 Å². The van der Waals surface area contributed by atoms with Crippen LogP contribution in [0.5, 0.6) is 0 Å². The Kier molecular flexibility index (Phi) is 1.15. The number of nitrogens with one attached hydrogen (secondary N) is 1. The molecule has 5 nitrogen and oxygen atoms in total. The van der Waals surface area contributed by atoms with E-state index >= 15 is 0 Å². The quantitative estimate of drug-likeness (QED) is 0.419.